The number of hydrogen-bond acceptors (Lipinski definition) is 4. The van der Waals surface area contributed by atoms with E-state index in [1.807, 2.05) is 42.2 Å². The van der Waals surface area contributed by atoms with Crippen LogP contribution in [0.25, 0.3) is 22.2 Å². The summed E-state index contributed by atoms with van der Waals surface area (Å²) in [6, 6.07) is 12.9. The highest BCUT2D eigenvalue weighted by atomic mass is 19.1. The van der Waals surface area contributed by atoms with Crippen molar-refractivity contribution in [1.82, 2.24) is 19.5 Å². The van der Waals surface area contributed by atoms with E-state index in [1.54, 1.807) is 13.4 Å². The summed E-state index contributed by atoms with van der Waals surface area (Å²) < 4.78 is 21.2. The van der Waals surface area contributed by atoms with E-state index in [4.69, 9.17) is 4.74 Å². The number of benzene rings is 2. The predicted octanol–water partition coefficient (Wildman–Crippen LogP) is 6.12. The van der Waals surface area contributed by atoms with Crippen LogP contribution in [0, 0.1) is 12.7 Å². The van der Waals surface area contributed by atoms with Gasteiger partial charge in [0.15, 0.2) is 0 Å². The van der Waals surface area contributed by atoms with E-state index in [1.165, 1.54) is 12.1 Å². The molecule has 2 aromatic carbocycles. The summed E-state index contributed by atoms with van der Waals surface area (Å²) in [4.78, 5) is 13.6. The molecule has 1 aliphatic carbocycles. The maximum atomic E-state index is 13.4. The van der Waals surface area contributed by atoms with Gasteiger partial charge in [0.1, 0.15) is 17.9 Å². The molecule has 0 saturated carbocycles. The summed E-state index contributed by atoms with van der Waals surface area (Å²) in [5.41, 5.74) is 7.15. The molecule has 2 aromatic heterocycles. The van der Waals surface area contributed by atoms with Gasteiger partial charge in [-0.1, -0.05) is 37.3 Å². The Kier molecular flexibility index (Phi) is 5.50. The smallest absolute Gasteiger partial charge is 0.139 e. The Balaban J connectivity index is 1.58. The summed E-state index contributed by atoms with van der Waals surface area (Å²) >= 11 is 0. The number of para-hydroxylation sites is 1. The first-order chi connectivity index (χ1) is 16.0. The molecule has 1 atom stereocenters. The topological polar surface area (TPSA) is 52.8 Å². The number of aryl methyl sites for hydroxylation is 1. The van der Waals surface area contributed by atoms with Gasteiger partial charge in [-0.05, 0) is 54.7 Å². The summed E-state index contributed by atoms with van der Waals surface area (Å²) in [6.45, 7) is 4.10. The molecule has 4 aromatic rings. The quantitative estimate of drug-likeness (QED) is 0.375. The third kappa shape index (κ3) is 3.93. The van der Waals surface area contributed by atoms with Crippen LogP contribution in [-0.4, -0.2) is 26.6 Å². The zero-order chi connectivity index (χ0) is 22.9. The molecule has 33 heavy (non-hydrogen) atoms. The molecule has 2 heterocycles. The number of rotatable bonds is 5. The molecule has 166 valence electrons. The van der Waals surface area contributed by atoms with Crippen molar-refractivity contribution in [2.24, 2.45) is 0 Å². The second kappa shape index (κ2) is 8.62. The Labute approximate surface area is 192 Å². The van der Waals surface area contributed by atoms with E-state index in [0.717, 1.165) is 63.3 Å². The number of imidazole rings is 1. The average molecular weight is 441 g/mol. The van der Waals surface area contributed by atoms with Crippen LogP contribution in [0.2, 0.25) is 0 Å². The van der Waals surface area contributed by atoms with E-state index in [2.05, 4.69) is 40.1 Å². The van der Waals surface area contributed by atoms with Gasteiger partial charge in [-0.25, -0.2) is 19.3 Å². The number of hydrogen-bond donors (Lipinski definition) is 0. The lowest BCUT2D eigenvalue weighted by Gasteiger charge is -2.21. The maximum Gasteiger partial charge on any atom is 0.139 e. The predicted molar refractivity (Wildman–Crippen MR) is 128 cm³/mol. The van der Waals surface area contributed by atoms with Crippen molar-refractivity contribution >= 4 is 22.2 Å². The van der Waals surface area contributed by atoms with Crippen LogP contribution < -0.4 is 0 Å². The molecule has 0 amide bonds. The Hall–Kier alpha value is -3.80. The van der Waals surface area contributed by atoms with Gasteiger partial charge in [-0.3, -0.25) is 0 Å². The first-order valence-electron chi connectivity index (χ1n) is 11.0. The van der Waals surface area contributed by atoms with Gasteiger partial charge in [-0.2, -0.15) is 0 Å². The molecule has 0 spiro atoms. The highest BCUT2D eigenvalue weighted by molar-refractivity contribution is 5.93. The lowest BCUT2D eigenvalue weighted by Crippen LogP contribution is -2.07. The molecule has 5 rings (SSSR count). The third-order valence-corrected chi connectivity index (χ3v) is 6.30. The van der Waals surface area contributed by atoms with Gasteiger partial charge in [0.05, 0.1) is 36.0 Å². The lowest BCUT2D eigenvalue weighted by atomic mass is 9.89. The fraction of sp³-hybridized carbons (Fsp3) is 0.222. The fourth-order valence-corrected chi connectivity index (χ4v) is 4.53. The van der Waals surface area contributed by atoms with Crippen LogP contribution in [0.3, 0.4) is 0 Å². The lowest BCUT2D eigenvalue weighted by molar-refractivity contribution is 0.305. The van der Waals surface area contributed by atoms with Crippen molar-refractivity contribution in [1.29, 1.82) is 0 Å². The highest BCUT2D eigenvalue weighted by Gasteiger charge is 2.21. The largest absolute Gasteiger partial charge is 0.495 e. The van der Waals surface area contributed by atoms with E-state index >= 15 is 0 Å². The molecule has 0 aliphatic heterocycles. The van der Waals surface area contributed by atoms with Crippen LogP contribution >= 0.6 is 0 Å². The van der Waals surface area contributed by atoms with Crippen LogP contribution in [0.5, 0.6) is 0 Å². The van der Waals surface area contributed by atoms with Gasteiger partial charge in [0, 0.05) is 17.5 Å². The highest BCUT2D eigenvalue weighted by Crippen LogP contribution is 2.37. The molecule has 6 heteroatoms. The van der Waals surface area contributed by atoms with Crippen LogP contribution in [0.4, 0.5) is 4.39 Å². The van der Waals surface area contributed by atoms with Crippen LogP contribution in [-0.2, 0) is 4.74 Å². The van der Waals surface area contributed by atoms with Crippen molar-refractivity contribution in [3.8, 4) is 0 Å². The molecule has 0 bridgehead atoms. The Morgan fingerprint density at radius 3 is 2.58 bits per heavy atom. The number of ether oxygens (including phenoxy) is 1. The minimum Gasteiger partial charge on any atom is -0.495 e. The molecule has 1 unspecified atom stereocenters. The second-order valence-electron chi connectivity index (χ2n) is 8.35. The summed E-state index contributed by atoms with van der Waals surface area (Å²) in [7, 11) is 1.69. The van der Waals surface area contributed by atoms with Crippen molar-refractivity contribution in [3.63, 3.8) is 0 Å². The summed E-state index contributed by atoms with van der Waals surface area (Å²) in [6.07, 6.45) is 9.20. The van der Waals surface area contributed by atoms with Crippen LogP contribution in [0.1, 0.15) is 48.2 Å². The van der Waals surface area contributed by atoms with Gasteiger partial charge in [0.2, 0.25) is 0 Å². The zero-order valence-corrected chi connectivity index (χ0v) is 18.9. The van der Waals surface area contributed by atoms with Gasteiger partial charge in [-0.15, -0.1) is 0 Å². The van der Waals surface area contributed by atoms with Crippen molar-refractivity contribution in [3.05, 3.63) is 101 Å². The van der Waals surface area contributed by atoms with E-state index < -0.39 is 0 Å². The Morgan fingerprint density at radius 2 is 1.85 bits per heavy atom. The number of fused-ring (bicyclic) bond motifs is 1. The van der Waals surface area contributed by atoms with E-state index in [9.17, 15) is 4.39 Å². The minimum atomic E-state index is -0.232. The number of methoxy groups -OCH3 is 1. The first-order valence-corrected chi connectivity index (χ1v) is 11.0. The zero-order valence-electron chi connectivity index (χ0n) is 18.9. The molecule has 1 aliphatic rings. The van der Waals surface area contributed by atoms with Crippen molar-refractivity contribution < 1.29 is 9.13 Å². The van der Waals surface area contributed by atoms with Crippen molar-refractivity contribution in [2.45, 2.75) is 32.6 Å². The van der Waals surface area contributed by atoms with Gasteiger partial charge >= 0.3 is 0 Å². The van der Waals surface area contributed by atoms with Gasteiger partial charge in [0.25, 0.3) is 0 Å². The Bertz CT molecular complexity index is 1390. The number of aromatic nitrogens is 4. The molecular formula is C27H25FN4O. The maximum absolute atomic E-state index is 13.4. The number of halogens is 1. The molecule has 0 saturated heterocycles. The Morgan fingerprint density at radius 1 is 1.03 bits per heavy atom. The average Bonchev–Trinajstić information content (AvgIpc) is 3.29. The standard InChI is InChI=1S/C27H25FN4O/c1-17-14-32(16-31-17)24-12-9-20(13-25(24)33-3)26-23-6-4-5-22(27(23)30-15-29-26)18(2)19-7-10-21(28)11-8-19/h4-8,10-11,13-16,18H,9,12H2,1-3H3. The van der Waals surface area contributed by atoms with Gasteiger partial charge < -0.3 is 9.30 Å². The molecule has 0 N–H and O–H groups in total. The monoisotopic (exact) mass is 440 g/mol. The van der Waals surface area contributed by atoms with Crippen molar-refractivity contribution in [2.75, 3.05) is 7.11 Å². The molecule has 0 fully saturated rings. The number of allylic oxidation sites excluding steroid dienone is 3. The first kappa shape index (κ1) is 21.1. The normalized spacial score (nSPS) is 15.0. The molecule has 0 radical (unpaired) electrons. The molecule has 5 nitrogen and oxygen atoms in total. The minimum absolute atomic E-state index is 0.0721. The summed E-state index contributed by atoms with van der Waals surface area (Å²) in [5, 5.41) is 1.01. The van der Waals surface area contributed by atoms with Crippen LogP contribution in [0.15, 0.2) is 73.2 Å². The van der Waals surface area contributed by atoms with E-state index in [0.29, 0.717) is 0 Å². The third-order valence-electron chi connectivity index (χ3n) is 6.30. The van der Waals surface area contributed by atoms with E-state index in [-0.39, 0.29) is 11.7 Å². The SMILES string of the molecule is COC1=C(n2cnc(C)c2)CCC(c2ncnc3c(C(C)c4ccc(F)cc4)cccc23)=C1. The molecular weight excluding hydrogens is 415 g/mol. The second-order valence-corrected chi connectivity index (χ2v) is 8.35. The number of nitrogens with zero attached hydrogens (tertiary/aromatic N) is 4. The summed E-state index contributed by atoms with van der Waals surface area (Å²) in [5.74, 6) is 0.657. The fourth-order valence-electron chi connectivity index (χ4n) is 4.53.